The zero-order valence-electron chi connectivity index (χ0n) is 9.67. The maximum absolute atomic E-state index is 5.64. The molecule has 0 fully saturated rings. The van der Waals surface area contributed by atoms with Crippen LogP contribution in [0.3, 0.4) is 0 Å². The molecule has 18 heavy (non-hydrogen) atoms. The average Bonchev–Trinajstić information content (AvgIpc) is 2.79. The molecule has 5 heteroatoms. The zero-order valence-corrected chi connectivity index (χ0v) is 9.67. The fraction of sp³-hybridized carbons (Fsp3) is 0.154. The van der Waals surface area contributed by atoms with Gasteiger partial charge < -0.3 is 5.73 Å². The summed E-state index contributed by atoms with van der Waals surface area (Å²) in [6.07, 6.45) is 3.83. The Labute approximate surface area is 103 Å². The molecule has 0 amide bonds. The molecule has 4 rings (SSSR count). The Kier molecular flexibility index (Phi) is 1.75. The SMILES string of the molecule is Nc1nc2ncc3c(n2n1)CCc1ccccc1-3. The third-order valence-electron chi connectivity index (χ3n) is 3.42. The van der Waals surface area contributed by atoms with Crippen LogP contribution in [0, 0.1) is 0 Å². The van der Waals surface area contributed by atoms with Crippen LogP contribution >= 0.6 is 0 Å². The zero-order chi connectivity index (χ0) is 12.1. The van der Waals surface area contributed by atoms with Crippen LogP contribution in [0.25, 0.3) is 16.9 Å². The van der Waals surface area contributed by atoms with Crippen LogP contribution in [-0.4, -0.2) is 19.6 Å². The fourth-order valence-electron chi connectivity index (χ4n) is 2.61. The average molecular weight is 237 g/mol. The standard InChI is InChI=1S/C13H11N5/c14-12-16-13-15-7-10-9-4-2-1-3-8(9)5-6-11(10)18(13)17-12/h1-4,7H,5-6H2,(H2,14,17). The van der Waals surface area contributed by atoms with Gasteiger partial charge in [-0.1, -0.05) is 24.3 Å². The van der Waals surface area contributed by atoms with Crippen molar-refractivity contribution in [2.45, 2.75) is 12.8 Å². The third-order valence-corrected chi connectivity index (χ3v) is 3.42. The van der Waals surface area contributed by atoms with E-state index < -0.39 is 0 Å². The predicted molar refractivity (Wildman–Crippen MR) is 68.0 cm³/mol. The van der Waals surface area contributed by atoms with Crippen molar-refractivity contribution in [1.29, 1.82) is 0 Å². The van der Waals surface area contributed by atoms with Gasteiger partial charge in [0.05, 0.1) is 5.69 Å². The van der Waals surface area contributed by atoms with Crippen LogP contribution in [0.15, 0.2) is 30.5 Å². The summed E-state index contributed by atoms with van der Waals surface area (Å²) in [7, 11) is 0. The third kappa shape index (κ3) is 1.18. The largest absolute Gasteiger partial charge is 0.366 e. The lowest BCUT2D eigenvalue weighted by Gasteiger charge is -2.19. The van der Waals surface area contributed by atoms with Gasteiger partial charge in [0, 0.05) is 11.8 Å². The van der Waals surface area contributed by atoms with Crippen molar-refractivity contribution in [1.82, 2.24) is 19.6 Å². The lowest BCUT2D eigenvalue weighted by molar-refractivity contribution is 0.802. The molecular formula is C13H11N5. The normalized spacial score (nSPS) is 13.3. The molecule has 2 aromatic heterocycles. The summed E-state index contributed by atoms with van der Waals surface area (Å²) in [4.78, 5) is 8.42. The number of hydrogen-bond acceptors (Lipinski definition) is 4. The molecule has 0 saturated heterocycles. The number of nitrogen functional groups attached to an aromatic ring is 1. The van der Waals surface area contributed by atoms with E-state index in [1.807, 2.05) is 12.3 Å². The van der Waals surface area contributed by atoms with Gasteiger partial charge in [-0.3, -0.25) is 0 Å². The number of rotatable bonds is 0. The minimum absolute atomic E-state index is 0.273. The lowest BCUT2D eigenvalue weighted by atomic mass is 9.89. The van der Waals surface area contributed by atoms with E-state index in [9.17, 15) is 0 Å². The van der Waals surface area contributed by atoms with Gasteiger partial charge in [0.1, 0.15) is 0 Å². The molecule has 1 aliphatic carbocycles. The molecule has 0 radical (unpaired) electrons. The fourth-order valence-corrected chi connectivity index (χ4v) is 2.61. The van der Waals surface area contributed by atoms with E-state index in [-0.39, 0.29) is 5.95 Å². The number of benzene rings is 1. The molecular weight excluding hydrogens is 226 g/mol. The second-order valence-electron chi connectivity index (χ2n) is 4.46. The van der Waals surface area contributed by atoms with Crippen molar-refractivity contribution in [2.75, 3.05) is 5.73 Å². The Bertz CT molecular complexity index is 759. The van der Waals surface area contributed by atoms with Crippen molar-refractivity contribution in [3.8, 4) is 11.1 Å². The van der Waals surface area contributed by atoms with Gasteiger partial charge in [-0.25, -0.2) is 4.98 Å². The summed E-state index contributed by atoms with van der Waals surface area (Å²) in [5.41, 5.74) is 10.5. The second-order valence-corrected chi connectivity index (χ2v) is 4.46. The van der Waals surface area contributed by atoms with Gasteiger partial charge in [-0.05, 0) is 24.0 Å². The Hall–Kier alpha value is -2.43. The van der Waals surface area contributed by atoms with Crippen LogP contribution in [0.1, 0.15) is 11.3 Å². The predicted octanol–water partition coefficient (Wildman–Crippen LogP) is 1.47. The van der Waals surface area contributed by atoms with Gasteiger partial charge in [0.15, 0.2) is 0 Å². The van der Waals surface area contributed by atoms with E-state index in [0.717, 1.165) is 24.1 Å². The number of anilines is 1. The molecule has 2 heterocycles. The first-order chi connectivity index (χ1) is 8.83. The summed E-state index contributed by atoms with van der Waals surface area (Å²) in [5, 5.41) is 4.22. The van der Waals surface area contributed by atoms with E-state index >= 15 is 0 Å². The molecule has 5 nitrogen and oxygen atoms in total. The lowest BCUT2D eigenvalue weighted by Crippen LogP contribution is -2.10. The van der Waals surface area contributed by atoms with Gasteiger partial charge in [0.2, 0.25) is 5.95 Å². The van der Waals surface area contributed by atoms with Crippen LogP contribution in [-0.2, 0) is 12.8 Å². The molecule has 1 aromatic carbocycles. The summed E-state index contributed by atoms with van der Waals surface area (Å²) in [5.74, 6) is 0.848. The Morgan fingerprint density at radius 2 is 2.00 bits per heavy atom. The number of nitrogens with two attached hydrogens (primary N) is 1. The minimum atomic E-state index is 0.273. The maximum Gasteiger partial charge on any atom is 0.254 e. The monoisotopic (exact) mass is 237 g/mol. The Morgan fingerprint density at radius 1 is 1.11 bits per heavy atom. The number of hydrogen-bond donors (Lipinski definition) is 1. The molecule has 0 unspecified atom stereocenters. The van der Waals surface area contributed by atoms with Crippen molar-refractivity contribution in [3.63, 3.8) is 0 Å². The first-order valence-corrected chi connectivity index (χ1v) is 5.91. The van der Waals surface area contributed by atoms with Gasteiger partial charge >= 0.3 is 0 Å². The first-order valence-electron chi connectivity index (χ1n) is 5.91. The van der Waals surface area contributed by atoms with Gasteiger partial charge in [0.25, 0.3) is 5.78 Å². The number of nitrogens with zero attached hydrogens (tertiary/aromatic N) is 4. The van der Waals surface area contributed by atoms with E-state index in [1.54, 1.807) is 4.52 Å². The molecule has 0 aliphatic heterocycles. The van der Waals surface area contributed by atoms with Crippen LogP contribution in [0.4, 0.5) is 5.95 Å². The van der Waals surface area contributed by atoms with Crippen molar-refractivity contribution < 1.29 is 0 Å². The molecule has 88 valence electrons. The van der Waals surface area contributed by atoms with E-state index in [1.165, 1.54) is 11.1 Å². The highest BCUT2D eigenvalue weighted by molar-refractivity contribution is 5.72. The summed E-state index contributed by atoms with van der Waals surface area (Å²) >= 11 is 0. The molecule has 2 N–H and O–H groups in total. The van der Waals surface area contributed by atoms with E-state index in [4.69, 9.17) is 5.73 Å². The van der Waals surface area contributed by atoms with E-state index in [0.29, 0.717) is 5.78 Å². The van der Waals surface area contributed by atoms with Gasteiger partial charge in [-0.2, -0.15) is 9.50 Å². The highest BCUT2D eigenvalue weighted by Gasteiger charge is 2.19. The van der Waals surface area contributed by atoms with Crippen LogP contribution in [0.2, 0.25) is 0 Å². The quantitative estimate of drug-likeness (QED) is 0.643. The van der Waals surface area contributed by atoms with Crippen molar-refractivity contribution >= 4 is 11.7 Å². The molecule has 0 saturated carbocycles. The number of aromatic nitrogens is 4. The Morgan fingerprint density at radius 3 is 2.94 bits per heavy atom. The highest BCUT2D eigenvalue weighted by atomic mass is 15.4. The summed E-state index contributed by atoms with van der Waals surface area (Å²) < 4.78 is 1.76. The van der Waals surface area contributed by atoms with Crippen LogP contribution in [0.5, 0.6) is 0 Å². The number of aryl methyl sites for hydroxylation is 2. The smallest absolute Gasteiger partial charge is 0.254 e. The summed E-state index contributed by atoms with van der Waals surface area (Å²) in [6.45, 7) is 0. The van der Waals surface area contributed by atoms with Crippen molar-refractivity contribution in [3.05, 3.63) is 41.7 Å². The van der Waals surface area contributed by atoms with E-state index in [2.05, 4.69) is 33.3 Å². The molecule has 1 aliphatic rings. The molecule has 0 spiro atoms. The topological polar surface area (TPSA) is 69.1 Å². The molecule has 0 bridgehead atoms. The van der Waals surface area contributed by atoms with Gasteiger partial charge in [-0.15, -0.1) is 5.10 Å². The number of fused-ring (bicyclic) bond motifs is 5. The molecule has 0 atom stereocenters. The maximum atomic E-state index is 5.64. The first kappa shape index (κ1) is 9.58. The second kappa shape index (κ2) is 3.29. The Balaban J connectivity index is 2.08. The molecule has 3 aromatic rings. The van der Waals surface area contributed by atoms with Crippen molar-refractivity contribution in [2.24, 2.45) is 0 Å². The minimum Gasteiger partial charge on any atom is -0.366 e. The summed E-state index contributed by atoms with van der Waals surface area (Å²) in [6, 6.07) is 8.41. The highest BCUT2D eigenvalue weighted by Crippen LogP contribution is 2.32. The van der Waals surface area contributed by atoms with Crippen LogP contribution < -0.4 is 5.73 Å².